The second-order valence-corrected chi connectivity index (χ2v) is 9.46. The molecule has 4 rings (SSSR count). The van der Waals surface area contributed by atoms with E-state index < -0.39 is 29.6 Å². The topological polar surface area (TPSA) is 71.4 Å². The molecule has 0 N–H and O–H groups in total. The summed E-state index contributed by atoms with van der Waals surface area (Å²) in [5.41, 5.74) is 1.24. The van der Waals surface area contributed by atoms with Crippen LogP contribution in [0.5, 0.6) is 5.75 Å². The maximum atomic E-state index is 13.7. The Kier molecular flexibility index (Phi) is 9.11. The Morgan fingerprint density at radius 3 is 2.42 bits per heavy atom. The molecule has 1 unspecified atom stereocenters. The smallest absolute Gasteiger partial charge is 0.416 e. The summed E-state index contributed by atoms with van der Waals surface area (Å²) in [6.45, 7) is -0.218. The molecule has 0 aromatic heterocycles. The number of amides is 2. The van der Waals surface area contributed by atoms with Crippen LogP contribution in [0.4, 0.5) is 13.2 Å². The van der Waals surface area contributed by atoms with Crippen LogP contribution in [0.1, 0.15) is 39.5 Å². The SMILES string of the molecule is COCCN(CC(=O)N1N=C(c2cccc(OC)c2)CC1c1ccccc1Cl)C(=O)c1ccc(C(F)(F)F)cc1. The van der Waals surface area contributed by atoms with Crippen LogP contribution in [0.15, 0.2) is 77.9 Å². The molecule has 1 atom stereocenters. The number of carbonyl (C=O) groups is 2. The molecular weight excluding hydrogens is 547 g/mol. The average Bonchev–Trinajstić information content (AvgIpc) is 3.40. The number of rotatable bonds is 9. The Balaban J connectivity index is 1.63. The van der Waals surface area contributed by atoms with Crippen LogP contribution in [0.2, 0.25) is 5.02 Å². The second-order valence-electron chi connectivity index (χ2n) is 9.05. The number of benzene rings is 3. The van der Waals surface area contributed by atoms with Crippen LogP contribution in [0.3, 0.4) is 0 Å². The molecular formula is C29H27ClF3N3O4. The Morgan fingerprint density at radius 2 is 1.77 bits per heavy atom. The van der Waals surface area contributed by atoms with E-state index in [1.807, 2.05) is 30.3 Å². The number of methoxy groups -OCH3 is 2. The molecule has 11 heteroatoms. The van der Waals surface area contributed by atoms with E-state index in [0.29, 0.717) is 28.5 Å². The Hall–Kier alpha value is -3.89. The lowest BCUT2D eigenvalue weighted by atomic mass is 9.98. The molecule has 0 saturated heterocycles. The largest absolute Gasteiger partial charge is 0.497 e. The molecule has 0 saturated carbocycles. The number of hydrogen-bond acceptors (Lipinski definition) is 5. The molecule has 210 valence electrons. The highest BCUT2D eigenvalue weighted by molar-refractivity contribution is 6.31. The monoisotopic (exact) mass is 573 g/mol. The predicted molar refractivity (Wildman–Crippen MR) is 144 cm³/mol. The van der Waals surface area contributed by atoms with Gasteiger partial charge >= 0.3 is 6.18 Å². The van der Waals surface area contributed by atoms with E-state index in [4.69, 9.17) is 21.1 Å². The van der Waals surface area contributed by atoms with Crippen molar-refractivity contribution < 1.29 is 32.2 Å². The molecule has 2 amide bonds. The van der Waals surface area contributed by atoms with Gasteiger partial charge in [-0.2, -0.15) is 18.3 Å². The molecule has 0 spiro atoms. The fourth-order valence-electron chi connectivity index (χ4n) is 4.38. The van der Waals surface area contributed by atoms with E-state index in [1.165, 1.54) is 17.0 Å². The summed E-state index contributed by atoms with van der Waals surface area (Å²) in [5.74, 6) is -0.462. The van der Waals surface area contributed by atoms with Crippen LogP contribution in [-0.2, 0) is 15.7 Å². The van der Waals surface area contributed by atoms with Crippen LogP contribution in [-0.4, -0.2) is 61.4 Å². The van der Waals surface area contributed by atoms with Crippen LogP contribution < -0.4 is 4.74 Å². The number of hydrogen-bond donors (Lipinski definition) is 0. The minimum Gasteiger partial charge on any atom is -0.497 e. The Bertz CT molecular complexity index is 1400. The van der Waals surface area contributed by atoms with Crippen molar-refractivity contribution >= 4 is 29.1 Å². The van der Waals surface area contributed by atoms with Gasteiger partial charge in [0.25, 0.3) is 11.8 Å². The first kappa shape index (κ1) is 29.1. The van der Waals surface area contributed by atoms with Gasteiger partial charge < -0.3 is 14.4 Å². The molecule has 1 aliphatic rings. The summed E-state index contributed by atoms with van der Waals surface area (Å²) < 4.78 is 49.4. The quantitative estimate of drug-likeness (QED) is 0.323. The molecule has 1 heterocycles. The first-order valence-electron chi connectivity index (χ1n) is 12.4. The van der Waals surface area contributed by atoms with Gasteiger partial charge in [0.15, 0.2) is 0 Å². The lowest BCUT2D eigenvalue weighted by Gasteiger charge is -2.27. The van der Waals surface area contributed by atoms with Crippen molar-refractivity contribution in [2.24, 2.45) is 5.10 Å². The van der Waals surface area contributed by atoms with Gasteiger partial charge in [-0.1, -0.05) is 41.9 Å². The van der Waals surface area contributed by atoms with Crippen LogP contribution >= 0.6 is 11.6 Å². The number of carbonyl (C=O) groups excluding carboxylic acids is 2. The minimum absolute atomic E-state index is 0.0153. The van der Waals surface area contributed by atoms with Crippen molar-refractivity contribution in [2.75, 3.05) is 33.9 Å². The van der Waals surface area contributed by atoms with E-state index >= 15 is 0 Å². The molecule has 3 aromatic rings. The molecule has 3 aromatic carbocycles. The Labute approximate surface area is 234 Å². The second kappa shape index (κ2) is 12.5. The summed E-state index contributed by atoms with van der Waals surface area (Å²) in [6, 6.07) is 17.8. The predicted octanol–water partition coefficient (Wildman–Crippen LogP) is 5.83. The first-order valence-corrected chi connectivity index (χ1v) is 12.7. The van der Waals surface area contributed by atoms with Crippen molar-refractivity contribution in [1.82, 2.24) is 9.91 Å². The van der Waals surface area contributed by atoms with Crippen molar-refractivity contribution in [2.45, 2.75) is 18.6 Å². The number of halogens is 4. The van der Waals surface area contributed by atoms with Gasteiger partial charge in [0, 0.05) is 36.2 Å². The van der Waals surface area contributed by atoms with Gasteiger partial charge in [-0.3, -0.25) is 9.59 Å². The fourth-order valence-corrected chi connectivity index (χ4v) is 4.64. The van der Waals surface area contributed by atoms with Gasteiger partial charge in [0.05, 0.1) is 31.0 Å². The highest BCUT2D eigenvalue weighted by Crippen LogP contribution is 2.37. The van der Waals surface area contributed by atoms with E-state index in [0.717, 1.165) is 29.8 Å². The van der Waals surface area contributed by atoms with Gasteiger partial charge in [-0.25, -0.2) is 5.01 Å². The molecule has 0 bridgehead atoms. The average molecular weight is 574 g/mol. The third-order valence-corrected chi connectivity index (χ3v) is 6.82. The zero-order chi connectivity index (χ0) is 28.9. The van der Waals surface area contributed by atoms with Gasteiger partial charge in [0.1, 0.15) is 12.3 Å². The van der Waals surface area contributed by atoms with Gasteiger partial charge in [-0.15, -0.1) is 0 Å². The summed E-state index contributed by atoms with van der Waals surface area (Å²) in [5, 5.41) is 6.41. The van der Waals surface area contributed by atoms with Crippen molar-refractivity contribution in [3.05, 3.63) is 100 Å². The lowest BCUT2D eigenvalue weighted by Crippen LogP contribution is -2.42. The summed E-state index contributed by atoms with van der Waals surface area (Å²) in [6.07, 6.45) is -4.16. The maximum Gasteiger partial charge on any atom is 0.416 e. The summed E-state index contributed by atoms with van der Waals surface area (Å²) >= 11 is 6.50. The molecule has 0 aliphatic carbocycles. The number of hydrazone groups is 1. The molecule has 1 aliphatic heterocycles. The maximum absolute atomic E-state index is 13.7. The fraction of sp³-hybridized carbons (Fsp3) is 0.276. The van der Waals surface area contributed by atoms with Crippen molar-refractivity contribution in [3.8, 4) is 5.75 Å². The minimum atomic E-state index is -4.53. The third-order valence-electron chi connectivity index (χ3n) is 6.47. The van der Waals surface area contributed by atoms with Crippen molar-refractivity contribution in [1.29, 1.82) is 0 Å². The van der Waals surface area contributed by atoms with E-state index in [1.54, 1.807) is 25.3 Å². The first-order chi connectivity index (χ1) is 19.1. The highest BCUT2D eigenvalue weighted by Gasteiger charge is 2.36. The van der Waals surface area contributed by atoms with Crippen LogP contribution in [0, 0.1) is 0 Å². The Morgan fingerprint density at radius 1 is 1.05 bits per heavy atom. The normalized spacial score (nSPS) is 15.1. The van der Waals surface area contributed by atoms with Gasteiger partial charge in [0.2, 0.25) is 0 Å². The zero-order valence-electron chi connectivity index (χ0n) is 21.8. The van der Waals surface area contributed by atoms with E-state index in [-0.39, 0.29) is 25.3 Å². The summed E-state index contributed by atoms with van der Waals surface area (Å²) in [4.78, 5) is 28.2. The number of nitrogens with zero attached hydrogens (tertiary/aromatic N) is 3. The molecule has 7 nitrogen and oxygen atoms in total. The lowest BCUT2D eigenvalue weighted by molar-refractivity contribution is -0.137. The number of alkyl halides is 3. The summed E-state index contributed by atoms with van der Waals surface area (Å²) in [7, 11) is 3.00. The third kappa shape index (κ3) is 6.63. The van der Waals surface area contributed by atoms with Gasteiger partial charge in [-0.05, 0) is 48.0 Å². The molecule has 40 heavy (non-hydrogen) atoms. The van der Waals surface area contributed by atoms with E-state index in [9.17, 15) is 22.8 Å². The molecule has 0 radical (unpaired) electrons. The van der Waals surface area contributed by atoms with Crippen molar-refractivity contribution in [3.63, 3.8) is 0 Å². The van der Waals surface area contributed by atoms with E-state index in [2.05, 4.69) is 5.10 Å². The zero-order valence-corrected chi connectivity index (χ0v) is 22.6. The highest BCUT2D eigenvalue weighted by atomic mass is 35.5. The number of ether oxygens (including phenoxy) is 2. The standard InChI is InChI=1S/C29H27ClF3N3O4/c1-39-15-14-35(28(38)19-10-12-21(13-11-19)29(31,32)33)18-27(37)36-26(23-8-3-4-9-24(23)30)17-25(34-36)20-6-5-7-22(16-20)40-2/h3-13,16,26H,14-15,17-18H2,1-2H3. The molecule has 0 fully saturated rings. The van der Waals surface area contributed by atoms with Crippen LogP contribution in [0.25, 0.3) is 0 Å².